The van der Waals surface area contributed by atoms with Gasteiger partial charge >= 0.3 is 5.97 Å². The SMILES string of the molecule is O=C(O)c1cncc(N2CCC(O)(c3ccc(OCc4c(-c5c(Cl)cccc5Cl)noc4C4CC4)cc3Cl)C2)c1. The predicted octanol–water partition coefficient (Wildman–Crippen LogP) is 6.95. The molecule has 1 aliphatic carbocycles. The van der Waals surface area contributed by atoms with Crippen LogP contribution >= 0.6 is 34.8 Å². The standard InChI is InChI=1S/C29H24Cl3N3O5/c30-22-2-1-3-23(31)25(22)26-20(27(40-34-26)16-4-5-16)14-39-19-6-7-21(24(32)11-19)29(38)8-9-35(15-29)18-10-17(28(36)37)12-33-13-18/h1-3,6-7,10-13,16,38H,4-5,8-9,14-15H2,(H,36,37). The Bertz CT molecular complexity index is 1590. The summed E-state index contributed by atoms with van der Waals surface area (Å²) in [4.78, 5) is 17.3. The molecule has 4 aromatic rings. The minimum atomic E-state index is -1.23. The molecule has 206 valence electrons. The molecule has 40 heavy (non-hydrogen) atoms. The molecule has 0 spiro atoms. The summed E-state index contributed by atoms with van der Waals surface area (Å²) in [6.07, 6.45) is 5.33. The molecule has 6 rings (SSSR count). The average Bonchev–Trinajstić information content (AvgIpc) is 3.57. The molecule has 2 aromatic carbocycles. The molecule has 1 atom stereocenters. The average molecular weight is 601 g/mol. The highest BCUT2D eigenvalue weighted by molar-refractivity contribution is 6.39. The molecule has 8 nitrogen and oxygen atoms in total. The number of ether oxygens (including phenoxy) is 1. The Balaban J connectivity index is 1.21. The number of aromatic nitrogens is 2. The molecule has 0 radical (unpaired) electrons. The molecule has 1 saturated carbocycles. The highest BCUT2D eigenvalue weighted by Gasteiger charge is 2.40. The van der Waals surface area contributed by atoms with E-state index in [1.54, 1.807) is 48.7 Å². The van der Waals surface area contributed by atoms with Crippen LogP contribution in [0.5, 0.6) is 5.75 Å². The van der Waals surface area contributed by atoms with Crippen molar-refractivity contribution in [3.63, 3.8) is 0 Å². The second-order valence-electron chi connectivity index (χ2n) is 10.1. The van der Waals surface area contributed by atoms with Crippen LogP contribution in [-0.2, 0) is 12.2 Å². The number of aliphatic hydroxyl groups is 1. The van der Waals surface area contributed by atoms with Gasteiger partial charge in [-0.2, -0.15) is 0 Å². The summed E-state index contributed by atoms with van der Waals surface area (Å²) in [6, 6.07) is 12.0. The van der Waals surface area contributed by atoms with Gasteiger partial charge in [-0.05, 0) is 49.6 Å². The lowest BCUT2D eigenvalue weighted by Crippen LogP contribution is -2.31. The van der Waals surface area contributed by atoms with Crippen LogP contribution in [0.1, 0.15) is 52.4 Å². The van der Waals surface area contributed by atoms with Crippen molar-refractivity contribution in [2.75, 3.05) is 18.0 Å². The molecule has 3 heterocycles. The number of β-amino-alcohol motifs (C(OH)–C–C–N with tert-alkyl or cyclic N) is 1. The largest absolute Gasteiger partial charge is 0.489 e. The summed E-state index contributed by atoms with van der Waals surface area (Å²) in [7, 11) is 0. The Hall–Kier alpha value is -3.30. The fraction of sp³-hybridized carbons (Fsp3) is 0.276. The molecule has 1 aliphatic heterocycles. The van der Waals surface area contributed by atoms with E-state index in [-0.39, 0.29) is 24.6 Å². The first kappa shape index (κ1) is 26.9. The maximum atomic E-state index is 11.5. The minimum Gasteiger partial charge on any atom is -0.489 e. The predicted molar refractivity (Wildman–Crippen MR) is 152 cm³/mol. The zero-order valence-electron chi connectivity index (χ0n) is 21.1. The van der Waals surface area contributed by atoms with E-state index in [1.165, 1.54) is 6.20 Å². The molecule has 1 unspecified atom stereocenters. The number of halogens is 3. The highest BCUT2D eigenvalue weighted by atomic mass is 35.5. The van der Waals surface area contributed by atoms with Crippen molar-refractivity contribution in [1.29, 1.82) is 0 Å². The van der Waals surface area contributed by atoms with Crippen molar-refractivity contribution < 1.29 is 24.3 Å². The summed E-state index contributed by atoms with van der Waals surface area (Å²) in [6.45, 7) is 0.929. The lowest BCUT2D eigenvalue weighted by atomic mass is 9.93. The smallest absolute Gasteiger partial charge is 0.337 e. The summed E-state index contributed by atoms with van der Waals surface area (Å²) < 4.78 is 11.9. The first-order valence-electron chi connectivity index (χ1n) is 12.7. The quantitative estimate of drug-likeness (QED) is 0.224. The molecule has 2 aliphatic rings. The van der Waals surface area contributed by atoms with Gasteiger partial charge in [-0.15, -0.1) is 0 Å². The number of hydrogen-bond acceptors (Lipinski definition) is 7. The Kier molecular flexibility index (Phi) is 7.12. The lowest BCUT2D eigenvalue weighted by molar-refractivity contribution is 0.0607. The first-order chi connectivity index (χ1) is 19.2. The van der Waals surface area contributed by atoms with E-state index in [1.807, 2.05) is 4.90 Å². The van der Waals surface area contributed by atoms with Crippen LogP contribution < -0.4 is 9.64 Å². The molecule has 1 saturated heterocycles. The monoisotopic (exact) mass is 599 g/mol. The maximum Gasteiger partial charge on any atom is 0.337 e. The maximum absolute atomic E-state index is 11.5. The van der Waals surface area contributed by atoms with Gasteiger partial charge in [0, 0.05) is 29.8 Å². The summed E-state index contributed by atoms with van der Waals surface area (Å²) in [5, 5.41) is 26.4. The van der Waals surface area contributed by atoms with E-state index in [0.29, 0.717) is 56.3 Å². The number of benzene rings is 2. The van der Waals surface area contributed by atoms with Crippen molar-refractivity contribution in [3.05, 3.63) is 92.4 Å². The number of hydrogen-bond donors (Lipinski definition) is 2. The Morgan fingerprint density at radius 2 is 1.88 bits per heavy atom. The number of nitrogens with zero attached hydrogens (tertiary/aromatic N) is 3. The molecule has 2 N–H and O–H groups in total. The third-order valence-electron chi connectivity index (χ3n) is 7.37. The normalized spacial score (nSPS) is 18.8. The topological polar surface area (TPSA) is 109 Å². The van der Waals surface area contributed by atoms with Crippen LogP contribution in [0.2, 0.25) is 15.1 Å². The molecule has 0 bridgehead atoms. The van der Waals surface area contributed by atoms with E-state index >= 15 is 0 Å². The second-order valence-corrected chi connectivity index (χ2v) is 11.3. The number of carboxylic acids is 1. The molecule has 2 fully saturated rings. The minimum absolute atomic E-state index is 0.0881. The summed E-state index contributed by atoms with van der Waals surface area (Å²) >= 11 is 19.6. The van der Waals surface area contributed by atoms with Crippen molar-refractivity contribution in [1.82, 2.24) is 10.1 Å². The van der Waals surface area contributed by atoms with Gasteiger partial charge in [0.25, 0.3) is 0 Å². The van der Waals surface area contributed by atoms with Crippen LogP contribution in [0.4, 0.5) is 5.69 Å². The van der Waals surface area contributed by atoms with Gasteiger partial charge in [-0.1, -0.05) is 52.1 Å². The van der Waals surface area contributed by atoms with Gasteiger partial charge in [-0.3, -0.25) is 4.98 Å². The number of carboxylic acid groups (broad SMARTS) is 1. The third kappa shape index (κ3) is 5.12. The first-order valence-corrected chi connectivity index (χ1v) is 13.9. The van der Waals surface area contributed by atoms with Crippen LogP contribution in [0.25, 0.3) is 11.3 Å². The van der Waals surface area contributed by atoms with Gasteiger partial charge in [0.15, 0.2) is 0 Å². The highest BCUT2D eigenvalue weighted by Crippen LogP contribution is 2.46. The van der Waals surface area contributed by atoms with Crippen molar-refractivity contribution in [2.45, 2.75) is 37.4 Å². The van der Waals surface area contributed by atoms with Gasteiger partial charge < -0.3 is 24.4 Å². The van der Waals surface area contributed by atoms with Gasteiger partial charge in [-0.25, -0.2) is 4.79 Å². The van der Waals surface area contributed by atoms with E-state index in [4.69, 9.17) is 44.1 Å². The van der Waals surface area contributed by atoms with E-state index in [2.05, 4.69) is 10.1 Å². The van der Waals surface area contributed by atoms with E-state index < -0.39 is 11.6 Å². The number of anilines is 1. The summed E-state index contributed by atoms with van der Waals surface area (Å²) in [5.74, 6) is 0.526. The Morgan fingerprint density at radius 1 is 1.10 bits per heavy atom. The molecule has 0 amide bonds. The van der Waals surface area contributed by atoms with Crippen LogP contribution in [-0.4, -0.2) is 39.4 Å². The Morgan fingerprint density at radius 3 is 2.58 bits per heavy atom. The number of pyridine rings is 1. The van der Waals surface area contributed by atoms with E-state index in [0.717, 1.165) is 24.2 Å². The molecule has 11 heteroatoms. The number of carbonyl (C=O) groups is 1. The van der Waals surface area contributed by atoms with Crippen molar-refractivity contribution in [3.8, 4) is 17.0 Å². The number of rotatable bonds is 8. The zero-order chi connectivity index (χ0) is 28.0. The fourth-order valence-electron chi connectivity index (χ4n) is 5.12. The van der Waals surface area contributed by atoms with Gasteiger partial charge in [0.1, 0.15) is 29.4 Å². The fourth-order valence-corrected chi connectivity index (χ4v) is 6.04. The molecular formula is C29H24Cl3N3O5. The van der Waals surface area contributed by atoms with E-state index in [9.17, 15) is 15.0 Å². The number of aromatic carboxylic acids is 1. The second kappa shape index (κ2) is 10.6. The van der Waals surface area contributed by atoms with Crippen molar-refractivity contribution in [2.24, 2.45) is 0 Å². The van der Waals surface area contributed by atoms with Crippen LogP contribution in [0.15, 0.2) is 59.4 Å². The van der Waals surface area contributed by atoms with Crippen molar-refractivity contribution >= 4 is 46.5 Å². The summed E-state index contributed by atoms with van der Waals surface area (Å²) in [5.41, 5.74) is 2.01. The van der Waals surface area contributed by atoms with Crippen LogP contribution in [0.3, 0.4) is 0 Å². The lowest BCUT2D eigenvalue weighted by Gasteiger charge is -2.26. The van der Waals surface area contributed by atoms with Crippen LogP contribution in [0, 0.1) is 0 Å². The van der Waals surface area contributed by atoms with Gasteiger partial charge in [0.2, 0.25) is 0 Å². The molecular weight excluding hydrogens is 577 g/mol. The zero-order valence-corrected chi connectivity index (χ0v) is 23.4. The molecule has 2 aromatic heterocycles. The third-order valence-corrected chi connectivity index (χ3v) is 8.32. The van der Waals surface area contributed by atoms with Gasteiger partial charge in [0.05, 0.1) is 44.6 Å². The Labute approximate surface area is 245 Å².